The number of hydrogen-bond donors (Lipinski definition) is 1. The van der Waals surface area contributed by atoms with Crippen LogP contribution in [0.4, 0.5) is 0 Å². The van der Waals surface area contributed by atoms with Gasteiger partial charge >= 0.3 is 0 Å². The summed E-state index contributed by atoms with van der Waals surface area (Å²) in [6, 6.07) is 10.00. The van der Waals surface area contributed by atoms with Gasteiger partial charge in [-0.2, -0.15) is 0 Å². The van der Waals surface area contributed by atoms with Gasteiger partial charge in [-0.25, -0.2) is 0 Å². The molecule has 136 valence electrons. The topological polar surface area (TPSA) is 52.7 Å². The van der Waals surface area contributed by atoms with Gasteiger partial charge in [0.05, 0.1) is 6.54 Å². The normalized spacial score (nSPS) is 19.6. The fourth-order valence-electron chi connectivity index (χ4n) is 3.72. The van der Waals surface area contributed by atoms with Crippen LogP contribution in [0.1, 0.15) is 37.7 Å². The molecule has 0 radical (unpaired) electrons. The first-order valence-electron chi connectivity index (χ1n) is 9.54. The Balaban J connectivity index is 1.37. The van der Waals surface area contributed by atoms with Crippen molar-refractivity contribution in [3.63, 3.8) is 0 Å². The molecule has 2 fully saturated rings. The van der Waals surface area contributed by atoms with Crippen LogP contribution in [0.3, 0.4) is 0 Å². The monoisotopic (exact) mass is 343 g/mol. The lowest BCUT2D eigenvalue weighted by molar-refractivity contribution is -0.133. The summed E-state index contributed by atoms with van der Waals surface area (Å²) in [6.45, 7) is 4.60. The van der Waals surface area contributed by atoms with E-state index in [0.717, 1.165) is 57.4 Å². The lowest BCUT2D eigenvalue weighted by Crippen LogP contribution is -2.46. The molecule has 5 nitrogen and oxygen atoms in total. The summed E-state index contributed by atoms with van der Waals surface area (Å²) in [5, 5.41) is 3.04. The molecule has 2 saturated heterocycles. The van der Waals surface area contributed by atoms with E-state index in [2.05, 4.69) is 10.2 Å². The van der Waals surface area contributed by atoms with E-state index in [9.17, 15) is 9.59 Å². The summed E-state index contributed by atoms with van der Waals surface area (Å²) in [7, 11) is 0. The summed E-state index contributed by atoms with van der Waals surface area (Å²) < 4.78 is 0. The number of likely N-dealkylation sites (tertiary alicyclic amines) is 2. The van der Waals surface area contributed by atoms with E-state index < -0.39 is 0 Å². The first-order chi connectivity index (χ1) is 12.2. The molecule has 0 aliphatic carbocycles. The fraction of sp³-hybridized carbons (Fsp3) is 0.600. The van der Waals surface area contributed by atoms with Crippen LogP contribution in [-0.4, -0.2) is 54.3 Å². The predicted molar refractivity (Wildman–Crippen MR) is 97.9 cm³/mol. The largest absolute Gasteiger partial charge is 0.352 e. The van der Waals surface area contributed by atoms with Gasteiger partial charge in [0.25, 0.3) is 0 Å². The highest BCUT2D eigenvalue weighted by atomic mass is 16.2. The smallest absolute Gasteiger partial charge is 0.236 e. The van der Waals surface area contributed by atoms with Crippen LogP contribution >= 0.6 is 0 Å². The molecule has 5 heteroatoms. The van der Waals surface area contributed by atoms with Gasteiger partial charge in [0, 0.05) is 25.6 Å². The van der Waals surface area contributed by atoms with Crippen molar-refractivity contribution in [2.45, 2.75) is 38.6 Å². The Morgan fingerprint density at radius 3 is 2.32 bits per heavy atom. The molecule has 2 aliphatic rings. The van der Waals surface area contributed by atoms with Crippen molar-refractivity contribution in [1.82, 2.24) is 15.1 Å². The average Bonchev–Trinajstić information content (AvgIpc) is 2.68. The predicted octanol–water partition coefficient (Wildman–Crippen LogP) is 2.03. The zero-order valence-electron chi connectivity index (χ0n) is 15.0. The van der Waals surface area contributed by atoms with E-state index in [0.29, 0.717) is 13.1 Å². The third kappa shape index (κ3) is 5.30. The number of piperidine rings is 2. The van der Waals surface area contributed by atoms with Crippen molar-refractivity contribution in [3.05, 3.63) is 35.9 Å². The maximum Gasteiger partial charge on any atom is 0.236 e. The Hall–Kier alpha value is -1.88. The van der Waals surface area contributed by atoms with Crippen LogP contribution in [0.15, 0.2) is 30.3 Å². The molecule has 2 heterocycles. The van der Waals surface area contributed by atoms with Crippen molar-refractivity contribution in [2.24, 2.45) is 5.92 Å². The first-order valence-corrected chi connectivity index (χ1v) is 9.54. The van der Waals surface area contributed by atoms with Gasteiger partial charge in [0.2, 0.25) is 11.8 Å². The van der Waals surface area contributed by atoms with Crippen molar-refractivity contribution in [3.8, 4) is 0 Å². The van der Waals surface area contributed by atoms with Gasteiger partial charge in [-0.05, 0) is 50.8 Å². The molecule has 2 aliphatic heterocycles. The second-order valence-electron chi connectivity index (χ2n) is 7.20. The number of benzene rings is 1. The first kappa shape index (κ1) is 17.9. The molecular weight excluding hydrogens is 314 g/mol. The molecule has 1 N–H and O–H groups in total. The van der Waals surface area contributed by atoms with Gasteiger partial charge < -0.3 is 10.2 Å². The number of carbonyl (C=O) groups is 2. The molecule has 0 saturated carbocycles. The fourth-order valence-corrected chi connectivity index (χ4v) is 3.72. The molecule has 2 amide bonds. The molecule has 1 aromatic rings. The lowest BCUT2D eigenvalue weighted by atomic mass is 9.95. The van der Waals surface area contributed by atoms with Crippen LogP contribution in [-0.2, 0) is 16.1 Å². The number of nitrogens with one attached hydrogen (secondary N) is 1. The molecular formula is C20H29N3O2. The van der Waals surface area contributed by atoms with Crippen LogP contribution in [0, 0.1) is 5.92 Å². The van der Waals surface area contributed by atoms with Crippen LogP contribution in [0.2, 0.25) is 0 Å². The van der Waals surface area contributed by atoms with Crippen molar-refractivity contribution in [1.29, 1.82) is 0 Å². The molecule has 25 heavy (non-hydrogen) atoms. The zero-order valence-corrected chi connectivity index (χ0v) is 15.0. The maximum atomic E-state index is 12.3. The number of amides is 2. The van der Waals surface area contributed by atoms with Crippen LogP contribution in [0.25, 0.3) is 0 Å². The maximum absolute atomic E-state index is 12.3. The van der Waals surface area contributed by atoms with E-state index in [1.165, 1.54) is 6.42 Å². The van der Waals surface area contributed by atoms with Crippen molar-refractivity contribution < 1.29 is 9.59 Å². The Morgan fingerprint density at radius 1 is 0.960 bits per heavy atom. The second-order valence-corrected chi connectivity index (χ2v) is 7.20. The Bertz CT molecular complexity index is 562. The minimum atomic E-state index is 0.0741. The highest BCUT2D eigenvalue weighted by Crippen LogP contribution is 2.18. The summed E-state index contributed by atoms with van der Waals surface area (Å²) >= 11 is 0. The highest BCUT2D eigenvalue weighted by molar-refractivity contribution is 5.79. The Labute approximate surface area is 150 Å². The molecule has 0 atom stereocenters. The van der Waals surface area contributed by atoms with E-state index in [1.807, 2.05) is 35.2 Å². The van der Waals surface area contributed by atoms with Gasteiger partial charge in [-0.1, -0.05) is 30.3 Å². The van der Waals surface area contributed by atoms with Gasteiger partial charge in [0.1, 0.15) is 0 Å². The zero-order chi connectivity index (χ0) is 17.5. The van der Waals surface area contributed by atoms with Gasteiger partial charge in [-0.15, -0.1) is 0 Å². The molecule has 0 aromatic heterocycles. The minimum Gasteiger partial charge on any atom is -0.352 e. The number of nitrogens with zero attached hydrogens (tertiary/aromatic N) is 2. The highest BCUT2D eigenvalue weighted by Gasteiger charge is 2.27. The Morgan fingerprint density at radius 2 is 1.64 bits per heavy atom. The quantitative estimate of drug-likeness (QED) is 0.890. The van der Waals surface area contributed by atoms with Crippen molar-refractivity contribution >= 4 is 11.8 Å². The number of hydrogen-bond acceptors (Lipinski definition) is 3. The SMILES string of the molecule is O=C(NCc1ccccc1)C1CCN(CC(=O)N2CCCCC2)CC1. The van der Waals surface area contributed by atoms with Gasteiger partial charge in [-0.3, -0.25) is 14.5 Å². The van der Waals surface area contributed by atoms with E-state index in [4.69, 9.17) is 0 Å². The second kappa shape index (κ2) is 8.99. The Kier molecular flexibility index (Phi) is 6.45. The third-order valence-electron chi connectivity index (χ3n) is 5.34. The lowest BCUT2D eigenvalue weighted by Gasteiger charge is -2.33. The van der Waals surface area contributed by atoms with E-state index >= 15 is 0 Å². The third-order valence-corrected chi connectivity index (χ3v) is 5.34. The summed E-state index contributed by atoms with van der Waals surface area (Å²) in [6.07, 6.45) is 5.19. The van der Waals surface area contributed by atoms with E-state index in [1.54, 1.807) is 0 Å². The van der Waals surface area contributed by atoms with Crippen LogP contribution < -0.4 is 5.32 Å². The molecule has 0 spiro atoms. The molecule has 0 bridgehead atoms. The van der Waals surface area contributed by atoms with E-state index in [-0.39, 0.29) is 17.7 Å². The van der Waals surface area contributed by atoms with Crippen molar-refractivity contribution in [2.75, 3.05) is 32.7 Å². The standard InChI is InChI=1S/C20H29N3O2/c24-19(23-11-5-2-6-12-23)16-22-13-9-18(10-14-22)20(25)21-15-17-7-3-1-4-8-17/h1,3-4,7-8,18H,2,5-6,9-16H2,(H,21,25). The molecule has 1 aromatic carbocycles. The molecule has 0 unspecified atom stereocenters. The van der Waals surface area contributed by atoms with Gasteiger partial charge in [0.15, 0.2) is 0 Å². The van der Waals surface area contributed by atoms with Crippen LogP contribution in [0.5, 0.6) is 0 Å². The minimum absolute atomic E-state index is 0.0741. The summed E-state index contributed by atoms with van der Waals surface area (Å²) in [5.41, 5.74) is 1.13. The average molecular weight is 343 g/mol. The number of carbonyl (C=O) groups excluding carboxylic acids is 2. The number of rotatable bonds is 5. The summed E-state index contributed by atoms with van der Waals surface area (Å²) in [5.74, 6) is 0.475. The summed E-state index contributed by atoms with van der Waals surface area (Å²) in [4.78, 5) is 28.9. The molecule has 3 rings (SSSR count).